The van der Waals surface area contributed by atoms with Crippen LogP contribution < -0.4 is 5.32 Å². The third-order valence-electron chi connectivity index (χ3n) is 2.59. The third-order valence-corrected chi connectivity index (χ3v) is 2.59. The van der Waals surface area contributed by atoms with Crippen LogP contribution in [0, 0.1) is 15.9 Å². The van der Waals surface area contributed by atoms with Crippen molar-refractivity contribution in [3.8, 4) is 0 Å². The van der Waals surface area contributed by atoms with Gasteiger partial charge in [-0.15, -0.1) is 0 Å². The van der Waals surface area contributed by atoms with Gasteiger partial charge in [-0.1, -0.05) is 0 Å². The molecule has 19 heavy (non-hydrogen) atoms. The Kier molecular flexibility index (Phi) is 3.74. The topological polar surface area (TPSA) is 73.0 Å². The molecule has 0 radical (unpaired) electrons. The molecule has 0 amide bonds. The molecule has 0 saturated heterocycles. The molecule has 1 N–H and O–H groups in total. The van der Waals surface area contributed by atoms with Crippen LogP contribution in [-0.4, -0.2) is 20.7 Å². The van der Waals surface area contributed by atoms with Crippen LogP contribution in [0.3, 0.4) is 0 Å². The first-order chi connectivity index (χ1) is 9.06. The molecule has 0 aliphatic heterocycles. The van der Waals surface area contributed by atoms with Crippen LogP contribution in [0.25, 0.3) is 0 Å². The summed E-state index contributed by atoms with van der Waals surface area (Å²) in [7, 11) is 0. The van der Waals surface area contributed by atoms with Gasteiger partial charge in [-0.3, -0.25) is 14.8 Å². The molecule has 1 aromatic carbocycles. The minimum Gasteiger partial charge on any atom is -0.378 e. The maximum atomic E-state index is 13.7. The molecule has 0 aliphatic carbocycles. The lowest BCUT2D eigenvalue weighted by molar-refractivity contribution is -0.385. The average molecular weight is 264 g/mol. The largest absolute Gasteiger partial charge is 0.378 e. The predicted molar refractivity (Wildman–Crippen MR) is 68.4 cm³/mol. The van der Waals surface area contributed by atoms with Crippen LogP contribution in [0.2, 0.25) is 0 Å². The van der Waals surface area contributed by atoms with Gasteiger partial charge in [0.15, 0.2) is 5.82 Å². The van der Waals surface area contributed by atoms with Crippen molar-refractivity contribution in [3.05, 3.63) is 52.6 Å². The van der Waals surface area contributed by atoms with E-state index in [4.69, 9.17) is 0 Å². The number of nitrogens with one attached hydrogen (secondary N) is 1. The zero-order valence-electron chi connectivity index (χ0n) is 10.3. The van der Waals surface area contributed by atoms with Crippen molar-refractivity contribution < 1.29 is 9.31 Å². The van der Waals surface area contributed by atoms with E-state index in [-0.39, 0.29) is 17.4 Å². The first kappa shape index (κ1) is 13.0. The normalized spacial score (nSPS) is 12.1. The molecule has 0 fully saturated rings. The SMILES string of the molecule is CC(Cn1cccn1)Nc1ccc([N+](=O)[O-])cc1F. The number of hydrogen-bond acceptors (Lipinski definition) is 4. The lowest BCUT2D eigenvalue weighted by atomic mass is 10.2. The molecule has 2 aromatic rings. The van der Waals surface area contributed by atoms with Crippen LogP contribution in [0.15, 0.2) is 36.7 Å². The summed E-state index contributed by atoms with van der Waals surface area (Å²) in [5, 5.41) is 17.5. The number of hydrogen-bond donors (Lipinski definition) is 1. The molecule has 7 heteroatoms. The van der Waals surface area contributed by atoms with E-state index < -0.39 is 10.7 Å². The Bertz CT molecular complexity index is 571. The molecule has 2 rings (SSSR count). The highest BCUT2D eigenvalue weighted by Crippen LogP contribution is 2.21. The van der Waals surface area contributed by atoms with E-state index in [9.17, 15) is 14.5 Å². The second-order valence-electron chi connectivity index (χ2n) is 4.19. The zero-order chi connectivity index (χ0) is 13.8. The number of aromatic nitrogens is 2. The summed E-state index contributed by atoms with van der Waals surface area (Å²) in [6, 6.07) is 5.29. The number of nitrogens with zero attached hydrogens (tertiary/aromatic N) is 3. The van der Waals surface area contributed by atoms with E-state index in [0.29, 0.717) is 6.54 Å². The minimum absolute atomic E-state index is 0.0594. The summed E-state index contributed by atoms with van der Waals surface area (Å²) in [6.45, 7) is 2.45. The number of anilines is 1. The van der Waals surface area contributed by atoms with E-state index in [1.165, 1.54) is 12.1 Å². The lowest BCUT2D eigenvalue weighted by Gasteiger charge is -2.15. The predicted octanol–water partition coefficient (Wildman–Crippen LogP) is 2.43. The number of benzene rings is 1. The molecule has 0 saturated carbocycles. The first-order valence-electron chi connectivity index (χ1n) is 5.74. The first-order valence-corrected chi connectivity index (χ1v) is 5.74. The maximum Gasteiger partial charge on any atom is 0.272 e. The highest BCUT2D eigenvalue weighted by Gasteiger charge is 2.12. The summed E-state index contributed by atoms with van der Waals surface area (Å²) in [5.41, 5.74) is -0.0203. The van der Waals surface area contributed by atoms with Gasteiger partial charge in [-0.25, -0.2) is 4.39 Å². The molecular weight excluding hydrogens is 251 g/mol. The molecule has 0 bridgehead atoms. The molecule has 0 spiro atoms. The number of nitro groups is 1. The van der Waals surface area contributed by atoms with Gasteiger partial charge in [-0.05, 0) is 19.1 Å². The van der Waals surface area contributed by atoms with Gasteiger partial charge in [0.05, 0.1) is 23.2 Å². The Hall–Kier alpha value is -2.44. The van der Waals surface area contributed by atoms with Gasteiger partial charge >= 0.3 is 0 Å². The van der Waals surface area contributed by atoms with Gasteiger partial charge in [0.2, 0.25) is 0 Å². The fourth-order valence-corrected chi connectivity index (χ4v) is 1.73. The molecule has 6 nitrogen and oxygen atoms in total. The van der Waals surface area contributed by atoms with Gasteiger partial charge in [0.1, 0.15) is 0 Å². The van der Waals surface area contributed by atoms with Crippen LogP contribution in [-0.2, 0) is 6.54 Å². The van der Waals surface area contributed by atoms with Gasteiger partial charge in [0.25, 0.3) is 5.69 Å². The van der Waals surface area contributed by atoms with Gasteiger partial charge in [0, 0.05) is 24.5 Å². The van der Waals surface area contributed by atoms with Crippen LogP contribution in [0.5, 0.6) is 0 Å². The van der Waals surface area contributed by atoms with Crippen LogP contribution >= 0.6 is 0 Å². The smallest absolute Gasteiger partial charge is 0.272 e. The molecule has 0 aliphatic rings. The summed E-state index contributed by atoms with van der Waals surface area (Å²) in [4.78, 5) is 9.88. The van der Waals surface area contributed by atoms with Crippen molar-refractivity contribution in [1.29, 1.82) is 0 Å². The Morgan fingerprint density at radius 1 is 1.58 bits per heavy atom. The highest BCUT2D eigenvalue weighted by atomic mass is 19.1. The van der Waals surface area contributed by atoms with Crippen LogP contribution in [0.4, 0.5) is 15.8 Å². The summed E-state index contributed by atoms with van der Waals surface area (Å²) in [5.74, 6) is -0.637. The number of nitro benzene ring substituents is 1. The van der Waals surface area contributed by atoms with Crippen molar-refractivity contribution in [3.63, 3.8) is 0 Å². The van der Waals surface area contributed by atoms with E-state index in [2.05, 4.69) is 10.4 Å². The van der Waals surface area contributed by atoms with Gasteiger partial charge < -0.3 is 5.32 Å². The van der Waals surface area contributed by atoms with E-state index >= 15 is 0 Å². The molecule has 1 heterocycles. The van der Waals surface area contributed by atoms with E-state index in [1.54, 1.807) is 16.9 Å². The van der Waals surface area contributed by atoms with Crippen molar-refractivity contribution >= 4 is 11.4 Å². The monoisotopic (exact) mass is 264 g/mol. The zero-order valence-corrected chi connectivity index (χ0v) is 10.3. The standard InChI is InChI=1S/C12H13FN4O2/c1-9(8-16-6-2-5-14-16)15-12-4-3-10(17(18)19)7-11(12)13/h2-7,9,15H,8H2,1H3. The average Bonchev–Trinajstić information content (AvgIpc) is 2.84. The Morgan fingerprint density at radius 2 is 2.37 bits per heavy atom. The summed E-state index contributed by atoms with van der Waals surface area (Å²) in [6.07, 6.45) is 3.48. The quantitative estimate of drug-likeness (QED) is 0.665. The molecule has 100 valence electrons. The summed E-state index contributed by atoms with van der Waals surface area (Å²) < 4.78 is 15.4. The highest BCUT2D eigenvalue weighted by molar-refractivity contribution is 5.50. The lowest BCUT2D eigenvalue weighted by Crippen LogP contribution is -2.22. The second kappa shape index (κ2) is 5.47. The van der Waals surface area contributed by atoms with E-state index in [0.717, 1.165) is 6.07 Å². The van der Waals surface area contributed by atoms with E-state index in [1.807, 2.05) is 13.1 Å². The van der Waals surface area contributed by atoms with Crippen molar-refractivity contribution in [2.75, 3.05) is 5.32 Å². The van der Waals surface area contributed by atoms with Crippen LogP contribution in [0.1, 0.15) is 6.92 Å². The molecular formula is C12H13FN4O2. The molecule has 1 unspecified atom stereocenters. The second-order valence-corrected chi connectivity index (χ2v) is 4.19. The fourth-order valence-electron chi connectivity index (χ4n) is 1.73. The minimum atomic E-state index is -0.637. The number of non-ortho nitro benzene ring substituents is 1. The Morgan fingerprint density at radius 3 is 2.95 bits per heavy atom. The third kappa shape index (κ3) is 3.27. The van der Waals surface area contributed by atoms with Crippen molar-refractivity contribution in [2.24, 2.45) is 0 Å². The Balaban J connectivity index is 2.04. The molecule has 1 aromatic heterocycles. The number of rotatable bonds is 5. The number of halogens is 1. The van der Waals surface area contributed by atoms with Crippen molar-refractivity contribution in [1.82, 2.24) is 9.78 Å². The van der Waals surface area contributed by atoms with Gasteiger partial charge in [-0.2, -0.15) is 5.10 Å². The Labute approximate surface area is 109 Å². The molecule has 1 atom stereocenters. The summed E-state index contributed by atoms with van der Waals surface area (Å²) >= 11 is 0. The fraction of sp³-hybridized carbons (Fsp3) is 0.250. The van der Waals surface area contributed by atoms with Crippen molar-refractivity contribution in [2.45, 2.75) is 19.5 Å². The maximum absolute atomic E-state index is 13.7.